The minimum absolute atomic E-state index is 1.34. The van der Waals surface area contributed by atoms with Crippen molar-refractivity contribution in [2.45, 2.75) is 0 Å². The zero-order valence-electron chi connectivity index (χ0n) is 4.96. The van der Waals surface area contributed by atoms with Gasteiger partial charge in [0.1, 0.15) is 0 Å². The van der Waals surface area contributed by atoms with Gasteiger partial charge in [0.05, 0.1) is 13.2 Å². The third-order valence-electron chi connectivity index (χ3n) is 0.647. The first kappa shape index (κ1) is 6.99. The Hall–Kier alpha value is -1.01. The summed E-state index contributed by atoms with van der Waals surface area (Å²) in [6, 6.07) is 1.83. The van der Waals surface area contributed by atoms with Crippen LogP contribution in [0.4, 0.5) is 0 Å². The molecule has 0 bridgehead atoms. The highest BCUT2D eigenvalue weighted by molar-refractivity contribution is 4.99. The topological polar surface area (TPSA) is 36.3 Å². The minimum atomic E-state index is 1.34. The Morgan fingerprint density at radius 1 is 1.75 bits per heavy atom. The van der Waals surface area contributed by atoms with Gasteiger partial charge < -0.3 is 0 Å². The minimum Gasteiger partial charge on any atom is -0.278 e. The maximum Gasteiger partial charge on any atom is 0.0928 e. The van der Waals surface area contributed by atoms with E-state index in [0.717, 1.165) is 0 Å². The summed E-state index contributed by atoms with van der Waals surface area (Å²) >= 11 is 0. The summed E-state index contributed by atoms with van der Waals surface area (Å²) in [4.78, 5) is 4.65. The summed E-state index contributed by atoms with van der Waals surface area (Å²) in [6.07, 6.45) is 2.86. The lowest BCUT2D eigenvalue weighted by Crippen LogP contribution is -2.06. The second-order valence-corrected chi connectivity index (χ2v) is 1.17. The summed E-state index contributed by atoms with van der Waals surface area (Å²) in [7, 11) is 3.23. The van der Waals surface area contributed by atoms with Gasteiger partial charge in [0.25, 0.3) is 0 Å². The molecule has 0 aliphatic rings. The largest absolute Gasteiger partial charge is 0.278 e. The fraction of sp³-hybridized carbons (Fsp3) is 0.400. The van der Waals surface area contributed by atoms with Gasteiger partial charge in [0.15, 0.2) is 0 Å². The highest BCUT2D eigenvalue weighted by Crippen LogP contribution is 1.80. The monoisotopic (exact) mass is 112 g/mol. The third kappa shape index (κ3) is 3.19. The molecule has 44 valence electrons. The van der Waals surface area contributed by atoms with Crippen molar-refractivity contribution in [1.29, 1.82) is 5.26 Å². The first-order valence-electron chi connectivity index (χ1n) is 2.14. The molecule has 0 aromatic carbocycles. The summed E-state index contributed by atoms with van der Waals surface area (Å²) in [5.74, 6) is 0. The van der Waals surface area contributed by atoms with Crippen LogP contribution in [0.25, 0.3) is 0 Å². The zero-order chi connectivity index (χ0) is 6.41. The van der Waals surface area contributed by atoms with Gasteiger partial charge in [-0.3, -0.25) is 9.90 Å². The van der Waals surface area contributed by atoms with E-state index in [0.29, 0.717) is 0 Å². The predicted octanol–water partition coefficient (Wildman–Crippen LogP) is 0.517. The molecular weight excluding hydrogens is 104 g/mol. The van der Waals surface area contributed by atoms with E-state index in [1.54, 1.807) is 7.05 Å². The van der Waals surface area contributed by atoms with Gasteiger partial charge in [-0.05, 0) is 0 Å². The number of allylic oxidation sites excluding steroid dienone is 1. The van der Waals surface area contributed by atoms with Crippen LogP contribution in [0.3, 0.4) is 0 Å². The van der Waals surface area contributed by atoms with Gasteiger partial charge in [0, 0.05) is 19.3 Å². The number of rotatable bonds is 2. The second-order valence-electron chi connectivity index (χ2n) is 1.17. The first-order valence-corrected chi connectivity index (χ1v) is 2.14. The molecule has 3 heteroatoms. The molecule has 0 atom stereocenters. The summed E-state index contributed by atoms with van der Waals surface area (Å²) < 4.78 is 0. The second kappa shape index (κ2) is 4.16. The van der Waals surface area contributed by atoms with Gasteiger partial charge in [0.2, 0.25) is 0 Å². The van der Waals surface area contributed by atoms with Crippen molar-refractivity contribution in [3.8, 4) is 6.07 Å². The van der Waals surface area contributed by atoms with Crippen LogP contribution in [0.5, 0.6) is 0 Å². The van der Waals surface area contributed by atoms with Crippen LogP contribution in [-0.4, -0.2) is 19.2 Å². The molecule has 3 nitrogen and oxygen atoms in total. The zero-order valence-corrected chi connectivity index (χ0v) is 4.96. The van der Waals surface area contributed by atoms with Gasteiger partial charge >= 0.3 is 0 Å². The van der Waals surface area contributed by atoms with Crippen molar-refractivity contribution in [2.24, 2.45) is 0 Å². The Balaban J connectivity index is 3.40. The molecule has 0 spiro atoms. The lowest BCUT2D eigenvalue weighted by atomic mass is 10.7. The lowest BCUT2D eigenvalue weighted by Gasteiger charge is -2.06. The fourth-order valence-electron chi connectivity index (χ4n) is 0.199. The quantitative estimate of drug-likeness (QED) is 0.386. The average Bonchev–Trinajstić information content (AvgIpc) is 1.83. The van der Waals surface area contributed by atoms with E-state index < -0.39 is 0 Å². The van der Waals surface area contributed by atoms with Crippen LogP contribution in [0.15, 0.2) is 12.3 Å². The van der Waals surface area contributed by atoms with Crippen molar-refractivity contribution in [1.82, 2.24) is 5.06 Å². The molecule has 0 aromatic rings. The van der Waals surface area contributed by atoms with Crippen LogP contribution >= 0.6 is 0 Å². The third-order valence-corrected chi connectivity index (χ3v) is 0.647. The first-order chi connectivity index (χ1) is 3.81. The molecule has 0 radical (unpaired) electrons. The molecule has 0 saturated carbocycles. The molecule has 0 heterocycles. The van der Waals surface area contributed by atoms with E-state index in [9.17, 15) is 0 Å². The maximum atomic E-state index is 7.99. The van der Waals surface area contributed by atoms with Crippen LogP contribution < -0.4 is 0 Å². The van der Waals surface area contributed by atoms with Gasteiger partial charge in [-0.1, -0.05) is 0 Å². The van der Waals surface area contributed by atoms with E-state index in [2.05, 4.69) is 4.84 Å². The number of nitrogens with zero attached hydrogens (tertiary/aromatic N) is 2. The molecule has 0 unspecified atom stereocenters. The maximum absolute atomic E-state index is 7.99. The molecule has 0 rings (SSSR count). The Kier molecular flexibility index (Phi) is 3.63. The van der Waals surface area contributed by atoms with Crippen LogP contribution in [0.2, 0.25) is 0 Å². The van der Waals surface area contributed by atoms with E-state index in [1.165, 1.54) is 24.4 Å². The summed E-state index contributed by atoms with van der Waals surface area (Å²) in [5, 5.41) is 9.43. The lowest BCUT2D eigenvalue weighted by molar-refractivity contribution is -0.0644. The van der Waals surface area contributed by atoms with Crippen molar-refractivity contribution in [2.75, 3.05) is 14.2 Å². The molecular formula is C5H8N2O. The molecule has 0 aliphatic heterocycles. The fourth-order valence-corrected chi connectivity index (χ4v) is 0.199. The number of nitriles is 1. The van der Waals surface area contributed by atoms with Crippen molar-refractivity contribution >= 4 is 0 Å². The molecule has 0 saturated heterocycles. The van der Waals surface area contributed by atoms with Gasteiger partial charge in [-0.15, -0.1) is 0 Å². The van der Waals surface area contributed by atoms with Crippen LogP contribution in [-0.2, 0) is 4.84 Å². The Morgan fingerprint density at radius 3 is 2.75 bits per heavy atom. The molecule has 0 fully saturated rings. The normalized spacial score (nSPS) is 9.12. The Bertz CT molecular complexity index is 114. The van der Waals surface area contributed by atoms with Crippen molar-refractivity contribution < 1.29 is 4.84 Å². The van der Waals surface area contributed by atoms with Gasteiger partial charge in [-0.2, -0.15) is 5.26 Å². The highest BCUT2D eigenvalue weighted by Gasteiger charge is 1.78. The van der Waals surface area contributed by atoms with E-state index in [4.69, 9.17) is 5.26 Å². The van der Waals surface area contributed by atoms with E-state index in [1.807, 2.05) is 6.07 Å². The molecule has 0 amide bonds. The predicted molar refractivity (Wildman–Crippen MR) is 29.5 cm³/mol. The SMILES string of the molecule is CON(C)/C=C\C#N. The molecule has 0 N–H and O–H groups in total. The molecule has 0 aromatic heterocycles. The van der Waals surface area contributed by atoms with E-state index in [-0.39, 0.29) is 0 Å². The molecule has 0 aliphatic carbocycles. The number of hydrogen-bond acceptors (Lipinski definition) is 3. The Morgan fingerprint density at radius 2 is 2.38 bits per heavy atom. The molecule has 8 heavy (non-hydrogen) atoms. The van der Waals surface area contributed by atoms with Crippen molar-refractivity contribution in [3.63, 3.8) is 0 Å². The smallest absolute Gasteiger partial charge is 0.0928 e. The summed E-state index contributed by atoms with van der Waals surface area (Å²) in [5.41, 5.74) is 0. The number of hydrogen-bond donors (Lipinski definition) is 0. The highest BCUT2D eigenvalue weighted by atomic mass is 16.7. The van der Waals surface area contributed by atoms with Gasteiger partial charge in [-0.25, -0.2) is 0 Å². The van der Waals surface area contributed by atoms with E-state index >= 15 is 0 Å². The van der Waals surface area contributed by atoms with Crippen LogP contribution in [0.1, 0.15) is 0 Å². The van der Waals surface area contributed by atoms with Crippen LogP contribution in [0, 0.1) is 11.3 Å². The summed E-state index contributed by atoms with van der Waals surface area (Å²) in [6.45, 7) is 0. The standard InChI is InChI=1S/C5H8N2O/c1-7(8-2)5-3-4-6/h3,5H,1-2H3/b5-3-. The average molecular weight is 112 g/mol. The van der Waals surface area contributed by atoms with Crippen molar-refractivity contribution in [3.05, 3.63) is 12.3 Å². The Labute approximate surface area is 48.7 Å². The number of hydroxylamine groups is 2.